The number of rotatable bonds is 5. The molecule has 28 heavy (non-hydrogen) atoms. The number of carbonyl (C=O) groups is 2. The van der Waals surface area contributed by atoms with Gasteiger partial charge >= 0.3 is 0 Å². The lowest BCUT2D eigenvalue weighted by Gasteiger charge is -2.33. The van der Waals surface area contributed by atoms with Crippen LogP contribution in [-0.4, -0.2) is 40.4 Å². The topological polar surface area (TPSA) is 54.3 Å². The summed E-state index contributed by atoms with van der Waals surface area (Å²) in [5.41, 5.74) is 2.17. The van der Waals surface area contributed by atoms with Crippen molar-refractivity contribution < 1.29 is 9.59 Å². The van der Waals surface area contributed by atoms with Crippen molar-refractivity contribution in [2.75, 3.05) is 13.1 Å². The van der Waals surface area contributed by atoms with E-state index in [9.17, 15) is 9.59 Å². The summed E-state index contributed by atoms with van der Waals surface area (Å²) in [5.74, 6) is 0.236. The summed E-state index contributed by atoms with van der Waals surface area (Å²) in [5, 5.41) is 4.17. The van der Waals surface area contributed by atoms with Crippen molar-refractivity contribution in [3.8, 4) is 5.00 Å². The molecule has 1 saturated heterocycles. The maximum Gasteiger partial charge on any atom is 0.257 e. The lowest BCUT2D eigenvalue weighted by atomic mass is 9.94. The summed E-state index contributed by atoms with van der Waals surface area (Å²) >= 11 is 1.78. The van der Waals surface area contributed by atoms with Crippen LogP contribution in [0.2, 0.25) is 0 Å². The normalized spacial score (nSPS) is 19.3. The van der Waals surface area contributed by atoms with Gasteiger partial charge in [-0.05, 0) is 62.6 Å². The molecule has 1 atom stereocenters. The highest BCUT2D eigenvalue weighted by Gasteiger charge is 2.32. The third kappa shape index (κ3) is 3.88. The van der Waals surface area contributed by atoms with Crippen molar-refractivity contribution in [3.63, 3.8) is 0 Å². The van der Waals surface area contributed by atoms with Crippen LogP contribution in [0.5, 0.6) is 0 Å². The minimum atomic E-state index is 0.0706. The first-order valence-corrected chi connectivity index (χ1v) is 11.4. The van der Waals surface area contributed by atoms with Gasteiger partial charge in [-0.2, -0.15) is 0 Å². The van der Waals surface area contributed by atoms with Crippen LogP contribution in [0.15, 0.2) is 24.5 Å². The van der Waals surface area contributed by atoms with E-state index in [1.54, 1.807) is 11.3 Å². The Balaban J connectivity index is 1.59. The summed E-state index contributed by atoms with van der Waals surface area (Å²) in [7, 11) is 0. The number of hydrogen-bond donors (Lipinski definition) is 1. The molecule has 1 aliphatic heterocycles. The molecule has 3 heterocycles. The first-order valence-electron chi connectivity index (χ1n) is 10.5. The second-order valence-corrected chi connectivity index (χ2v) is 8.97. The fraction of sp³-hybridized carbons (Fsp3) is 0.545. The minimum absolute atomic E-state index is 0.0706. The van der Waals surface area contributed by atoms with E-state index in [1.807, 2.05) is 36.4 Å². The third-order valence-corrected chi connectivity index (χ3v) is 7.06. The van der Waals surface area contributed by atoms with Gasteiger partial charge in [-0.15, -0.1) is 11.3 Å². The monoisotopic (exact) mass is 399 g/mol. The molecule has 5 nitrogen and oxygen atoms in total. The highest BCUT2D eigenvalue weighted by atomic mass is 32.1. The number of likely N-dealkylation sites (tertiary alicyclic amines) is 1. The van der Waals surface area contributed by atoms with Crippen LogP contribution >= 0.6 is 11.3 Å². The average Bonchev–Trinajstić information content (AvgIpc) is 3.35. The average molecular weight is 400 g/mol. The van der Waals surface area contributed by atoms with Crippen molar-refractivity contribution in [3.05, 3.63) is 40.5 Å². The van der Waals surface area contributed by atoms with E-state index < -0.39 is 0 Å². The van der Waals surface area contributed by atoms with Gasteiger partial charge in [-0.25, -0.2) is 0 Å². The van der Waals surface area contributed by atoms with E-state index >= 15 is 0 Å². The molecule has 0 saturated carbocycles. The number of piperidine rings is 1. The molecular formula is C22H29N3O2S. The number of nitrogens with one attached hydrogen (secondary N) is 1. The van der Waals surface area contributed by atoms with Gasteiger partial charge in [0.15, 0.2) is 0 Å². The number of carbonyl (C=O) groups excluding carboxylic acids is 2. The molecule has 0 radical (unpaired) electrons. The number of thiophene rings is 1. The number of hydrogen-bond acceptors (Lipinski definition) is 3. The van der Waals surface area contributed by atoms with Crippen LogP contribution in [0.4, 0.5) is 0 Å². The van der Waals surface area contributed by atoms with Crippen LogP contribution in [0.3, 0.4) is 0 Å². The molecule has 150 valence electrons. The molecule has 1 N–H and O–H groups in total. The van der Waals surface area contributed by atoms with Gasteiger partial charge in [0.25, 0.3) is 5.91 Å². The Kier molecular flexibility index (Phi) is 5.85. The molecule has 6 heteroatoms. The Morgan fingerprint density at radius 2 is 1.96 bits per heavy atom. The molecule has 2 aliphatic rings. The summed E-state index contributed by atoms with van der Waals surface area (Å²) in [6.45, 7) is 3.40. The highest BCUT2D eigenvalue weighted by Crippen LogP contribution is 2.38. The van der Waals surface area contributed by atoms with Crippen LogP contribution in [0.25, 0.3) is 5.00 Å². The molecule has 1 unspecified atom stereocenters. The summed E-state index contributed by atoms with van der Waals surface area (Å²) in [4.78, 5) is 29.0. The lowest BCUT2D eigenvalue weighted by Crippen LogP contribution is -2.49. The van der Waals surface area contributed by atoms with Gasteiger partial charge in [0.05, 0.1) is 5.56 Å². The van der Waals surface area contributed by atoms with E-state index in [-0.39, 0.29) is 17.9 Å². The maximum atomic E-state index is 13.6. The minimum Gasteiger partial charge on any atom is -0.352 e. The number of nitrogens with zero attached hydrogens (tertiary/aromatic N) is 2. The second kappa shape index (κ2) is 8.52. The van der Waals surface area contributed by atoms with E-state index in [4.69, 9.17) is 0 Å². The molecule has 2 aromatic heterocycles. The first kappa shape index (κ1) is 19.2. The van der Waals surface area contributed by atoms with Crippen LogP contribution < -0.4 is 5.32 Å². The number of fused-ring (bicyclic) bond motifs is 1. The number of aromatic nitrogens is 1. The van der Waals surface area contributed by atoms with E-state index in [2.05, 4.69) is 9.88 Å². The molecule has 2 amide bonds. The van der Waals surface area contributed by atoms with Crippen LogP contribution in [-0.2, 0) is 17.6 Å². The van der Waals surface area contributed by atoms with Gasteiger partial charge in [0.1, 0.15) is 5.00 Å². The van der Waals surface area contributed by atoms with E-state index in [0.717, 1.165) is 55.6 Å². The van der Waals surface area contributed by atoms with Gasteiger partial charge in [0, 0.05) is 42.8 Å². The van der Waals surface area contributed by atoms with Gasteiger partial charge in [-0.1, -0.05) is 6.92 Å². The number of amides is 2. The largest absolute Gasteiger partial charge is 0.352 e. The Hall–Kier alpha value is -2.08. The smallest absolute Gasteiger partial charge is 0.257 e. The van der Waals surface area contributed by atoms with Gasteiger partial charge in [0.2, 0.25) is 5.91 Å². The van der Waals surface area contributed by atoms with Crippen LogP contribution in [0.1, 0.15) is 66.2 Å². The van der Waals surface area contributed by atoms with Crippen molar-refractivity contribution in [2.45, 2.75) is 64.3 Å². The molecule has 0 aromatic carbocycles. The standard InChI is InChI=1S/C22H29N3O2S/c1-2-8-19(26)23-16-9-7-14-25(15-16)21(27)20-17-10-3-4-11-18(17)28-22(20)24-12-5-6-13-24/h5-6,12-13,16H,2-4,7-11,14-15H2,1H3,(H,23,26). The Bertz CT molecular complexity index is 840. The Morgan fingerprint density at radius 1 is 1.18 bits per heavy atom. The molecule has 1 fully saturated rings. The zero-order chi connectivity index (χ0) is 19.5. The van der Waals surface area contributed by atoms with Crippen molar-refractivity contribution in [1.29, 1.82) is 0 Å². The van der Waals surface area contributed by atoms with Crippen LogP contribution in [0, 0.1) is 0 Å². The van der Waals surface area contributed by atoms with E-state index in [0.29, 0.717) is 13.0 Å². The SMILES string of the molecule is CCCC(=O)NC1CCCN(C(=O)c2c(-n3cccc3)sc3c2CCCC3)C1. The summed E-state index contributed by atoms with van der Waals surface area (Å²) < 4.78 is 2.08. The quantitative estimate of drug-likeness (QED) is 0.828. The second-order valence-electron chi connectivity index (χ2n) is 7.89. The zero-order valence-corrected chi connectivity index (χ0v) is 17.4. The zero-order valence-electron chi connectivity index (χ0n) is 16.6. The molecule has 0 bridgehead atoms. The predicted octanol–water partition coefficient (Wildman–Crippen LogP) is 3.94. The lowest BCUT2D eigenvalue weighted by molar-refractivity contribution is -0.122. The van der Waals surface area contributed by atoms with Crippen molar-refractivity contribution >= 4 is 23.2 Å². The third-order valence-electron chi connectivity index (χ3n) is 5.76. The molecule has 2 aromatic rings. The fourth-order valence-electron chi connectivity index (χ4n) is 4.39. The molecule has 1 aliphatic carbocycles. The molecular weight excluding hydrogens is 370 g/mol. The number of aryl methyl sites for hydroxylation is 1. The van der Waals surface area contributed by atoms with E-state index in [1.165, 1.54) is 16.9 Å². The van der Waals surface area contributed by atoms with Gasteiger partial charge < -0.3 is 14.8 Å². The summed E-state index contributed by atoms with van der Waals surface area (Å²) in [6, 6.07) is 4.08. The van der Waals surface area contributed by atoms with Gasteiger partial charge in [-0.3, -0.25) is 9.59 Å². The fourth-order valence-corrected chi connectivity index (χ4v) is 5.74. The van der Waals surface area contributed by atoms with Crippen molar-refractivity contribution in [1.82, 2.24) is 14.8 Å². The first-order chi connectivity index (χ1) is 13.7. The maximum absolute atomic E-state index is 13.6. The molecule has 4 rings (SSSR count). The Labute approximate surface area is 170 Å². The summed E-state index contributed by atoms with van der Waals surface area (Å²) in [6.07, 6.45) is 11.8. The highest BCUT2D eigenvalue weighted by molar-refractivity contribution is 7.15. The van der Waals surface area contributed by atoms with Crippen molar-refractivity contribution in [2.24, 2.45) is 0 Å². The molecule has 0 spiro atoms. The Morgan fingerprint density at radius 3 is 2.75 bits per heavy atom. The predicted molar refractivity (Wildman–Crippen MR) is 112 cm³/mol.